The molecule has 7 heteroatoms. The van der Waals surface area contributed by atoms with E-state index in [1.54, 1.807) is 16.2 Å². The molecule has 1 aliphatic heterocycles. The second-order valence-corrected chi connectivity index (χ2v) is 8.29. The number of thiophene rings is 1. The highest BCUT2D eigenvalue weighted by molar-refractivity contribution is 9.10. The number of halogens is 1. The predicted molar refractivity (Wildman–Crippen MR) is 91.1 cm³/mol. The fraction of sp³-hybridized carbons (Fsp3) is 0.667. The van der Waals surface area contributed by atoms with E-state index in [0.29, 0.717) is 13.1 Å². The largest absolute Gasteiger partial charge is 0.444 e. The van der Waals surface area contributed by atoms with Gasteiger partial charge in [0.25, 0.3) is 0 Å². The summed E-state index contributed by atoms with van der Waals surface area (Å²) in [5, 5.41) is 5.29. The zero-order valence-electron chi connectivity index (χ0n) is 13.0. The lowest BCUT2D eigenvalue weighted by Gasteiger charge is -2.34. The van der Waals surface area contributed by atoms with Crippen LogP contribution >= 0.6 is 27.3 Å². The van der Waals surface area contributed by atoms with E-state index in [-0.39, 0.29) is 18.1 Å². The second kappa shape index (κ2) is 7.08. The first kappa shape index (κ1) is 17.4. The Bertz CT molecular complexity index is 533. The lowest BCUT2D eigenvalue weighted by Crippen LogP contribution is -2.42. The summed E-state index contributed by atoms with van der Waals surface area (Å²) >= 11 is 5.01. The third kappa shape index (κ3) is 4.29. The van der Waals surface area contributed by atoms with Gasteiger partial charge in [-0.1, -0.05) is 5.18 Å². The second-order valence-electron chi connectivity index (χ2n) is 6.49. The van der Waals surface area contributed by atoms with Crippen molar-refractivity contribution >= 4 is 33.4 Å². The predicted octanol–water partition coefficient (Wildman–Crippen LogP) is 4.97. The van der Waals surface area contributed by atoms with E-state index in [0.717, 1.165) is 22.2 Å². The number of piperidine rings is 1. The molecule has 0 radical (unpaired) electrons. The molecule has 1 fully saturated rings. The number of rotatable bonds is 3. The van der Waals surface area contributed by atoms with Crippen molar-refractivity contribution in [2.75, 3.05) is 13.1 Å². The van der Waals surface area contributed by atoms with Crippen molar-refractivity contribution in [3.8, 4) is 0 Å². The lowest BCUT2D eigenvalue weighted by atomic mass is 9.89. The maximum Gasteiger partial charge on any atom is 0.410 e. The molecule has 0 saturated carbocycles. The molecule has 122 valence electrons. The highest BCUT2D eigenvalue weighted by Gasteiger charge is 2.33. The monoisotopic (exact) mass is 388 g/mol. The molecule has 5 nitrogen and oxygen atoms in total. The molecule has 1 atom stereocenters. The number of hydrogen-bond donors (Lipinski definition) is 0. The lowest BCUT2D eigenvalue weighted by molar-refractivity contribution is 0.0175. The summed E-state index contributed by atoms with van der Waals surface area (Å²) in [6, 6.07) is 1.60. The minimum Gasteiger partial charge on any atom is -0.444 e. The van der Waals surface area contributed by atoms with Gasteiger partial charge in [-0.15, -0.1) is 11.3 Å². The highest BCUT2D eigenvalue weighted by Crippen LogP contribution is 2.40. The van der Waals surface area contributed by atoms with Gasteiger partial charge in [0, 0.05) is 22.4 Å². The summed E-state index contributed by atoms with van der Waals surface area (Å²) in [6.07, 6.45) is 1.25. The van der Waals surface area contributed by atoms with Crippen LogP contribution in [0.2, 0.25) is 0 Å². The first-order valence-corrected chi connectivity index (χ1v) is 9.02. The van der Waals surface area contributed by atoms with Gasteiger partial charge in [-0.2, -0.15) is 4.91 Å². The quantitative estimate of drug-likeness (QED) is 0.686. The van der Waals surface area contributed by atoms with Gasteiger partial charge in [0.1, 0.15) is 11.6 Å². The summed E-state index contributed by atoms with van der Waals surface area (Å²) in [5.41, 5.74) is -0.483. The minimum atomic E-state index is -0.483. The Hall–Kier alpha value is -0.950. The molecular formula is C15H21BrN2O3S. The zero-order chi connectivity index (χ0) is 16.3. The number of ether oxygens (including phenoxy) is 1. The highest BCUT2D eigenvalue weighted by atomic mass is 79.9. The Morgan fingerprint density at radius 3 is 2.55 bits per heavy atom. The van der Waals surface area contributed by atoms with Crippen molar-refractivity contribution in [3.05, 3.63) is 25.7 Å². The molecule has 2 rings (SSSR count). The molecule has 0 N–H and O–H groups in total. The molecule has 1 saturated heterocycles. The van der Waals surface area contributed by atoms with Gasteiger partial charge in [0.15, 0.2) is 0 Å². The molecule has 0 bridgehead atoms. The van der Waals surface area contributed by atoms with Crippen LogP contribution in [0.15, 0.2) is 21.1 Å². The molecule has 1 amide bonds. The maximum absolute atomic E-state index is 12.1. The number of nitroso groups, excluding NO2 is 1. The Kier molecular flexibility index (Phi) is 5.60. The van der Waals surface area contributed by atoms with Crippen LogP contribution in [0.5, 0.6) is 0 Å². The van der Waals surface area contributed by atoms with Gasteiger partial charge in [-0.25, -0.2) is 4.79 Å². The molecule has 1 aromatic rings. The third-order valence-corrected chi connectivity index (χ3v) is 5.61. The number of amides is 1. The minimum absolute atomic E-state index is 0.172. The van der Waals surface area contributed by atoms with Crippen LogP contribution in [0.4, 0.5) is 4.79 Å². The molecule has 1 unspecified atom stereocenters. The third-order valence-electron chi connectivity index (χ3n) is 3.66. The van der Waals surface area contributed by atoms with Crippen molar-refractivity contribution in [1.29, 1.82) is 0 Å². The summed E-state index contributed by atoms with van der Waals surface area (Å²) < 4.78 is 6.33. The van der Waals surface area contributed by atoms with Gasteiger partial charge < -0.3 is 9.64 Å². The fourth-order valence-electron chi connectivity index (χ4n) is 2.59. The molecule has 1 aromatic heterocycles. The Morgan fingerprint density at radius 1 is 1.45 bits per heavy atom. The number of nitrogens with zero attached hydrogens (tertiary/aromatic N) is 2. The van der Waals surface area contributed by atoms with E-state index in [9.17, 15) is 9.70 Å². The molecule has 0 spiro atoms. The van der Waals surface area contributed by atoms with E-state index in [4.69, 9.17) is 4.74 Å². The summed E-state index contributed by atoms with van der Waals surface area (Å²) in [7, 11) is 0. The Morgan fingerprint density at radius 2 is 2.09 bits per heavy atom. The van der Waals surface area contributed by atoms with Crippen LogP contribution in [-0.4, -0.2) is 29.7 Å². The van der Waals surface area contributed by atoms with Crippen molar-refractivity contribution in [2.24, 2.45) is 11.1 Å². The molecule has 1 aliphatic rings. The van der Waals surface area contributed by atoms with Crippen LogP contribution in [0.1, 0.15) is 44.5 Å². The van der Waals surface area contributed by atoms with E-state index < -0.39 is 5.60 Å². The molecule has 0 aromatic carbocycles. The van der Waals surface area contributed by atoms with Crippen LogP contribution in [0.3, 0.4) is 0 Å². The van der Waals surface area contributed by atoms with Crippen LogP contribution in [-0.2, 0) is 4.74 Å². The molecule has 2 heterocycles. The maximum atomic E-state index is 12.1. The van der Waals surface area contributed by atoms with Crippen molar-refractivity contribution < 1.29 is 9.53 Å². The van der Waals surface area contributed by atoms with E-state index in [1.807, 2.05) is 32.2 Å². The summed E-state index contributed by atoms with van der Waals surface area (Å²) in [4.78, 5) is 26.0. The van der Waals surface area contributed by atoms with E-state index >= 15 is 0 Å². The zero-order valence-corrected chi connectivity index (χ0v) is 15.4. The van der Waals surface area contributed by atoms with Crippen molar-refractivity contribution in [1.82, 2.24) is 4.90 Å². The topological polar surface area (TPSA) is 59.0 Å². The first-order chi connectivity index (χ1) is 10.3. The fourth-order valence-corrected chi connectivity index (χ4v) is 4.32. The normalized spacial score (nSPS) is 18.1. The number of carbonyl (C=O) groups is 1. The van der Waals surface area contributed by atoms with Gasteiger partial charge >= 0.3 is 6.09 Å². The van der Waals surface area contributed by atoms with Crippen LogP contribution in [0, 0.1) is 10.8 Å². The van der Waals surface area contributed by atoms with Gasteiger partial charge in [0.05, 0.1) is 0 Å². The smallest absolute Gasteiger partial charge is 0.410 e. The van der Waals surface area contributed by atoms with Crippen molar-refractivity contribution in [2.45, 2.75) is 45.3 Å². The average Bonchev–Trinajstić information content (AvgIpc) is 2.85. The number of carbonyl (C=O) groups excluding carboxylic acids is 1. The summed E-state index contributed by atoms with van der Waals surface area (Å²) in [6.45, 7) is 6.79. The van der Waals surface area contributed by atoms with Crippen LogP contribution in [0.25, 0.3) is 0 Å². The van der Waals surface area contributed by atoms with Crippen molar-refractivity contribution in [3.63, 3.8) is 0 Å². The number of likely N-dealkylation sites (tertiary alicyclic amines) is 1. The van der Waals surface area contributed by atoms with Gasteiger partial charge in [-0.3, -0.25) is 0 Å². The van der Waals surface area contributed by atoms with Gasteiger partial charge in [-0.05, 0) is 66.9 Å². The van der Waals surface area contributed by atoms with Crippen LogP contribution < -0.4 is 0 Å². The SMILES string of the molecule is CC(C)(C)OC(=O)N1CCC(C(N=O)c2sccc2Br)CC1. The standard InChI is InChI=1S/C15H21BrN2O3S/c1-15(2,3)21-14(19)18-7-4-10(5-8-18)12(17-20)13-11(16)6-9-22-13/h6,9-10,12H,4-5,7-8H2,1-3H3. The van der Waals surface area contributed by atoms with Gasteiger partial charge in [0.2, 0.25) is 0 Å². The number of hydrogen-bond acceptors (Lipinski definition) is 5. The summed E-state index contributed by atoms with van der Waals surface area (Å²) in [5.74, 6) is 0.172. The van der Waals surface area contributed by atoms with E-state index in [2.05, 4.69) is 21.1 Å². The molecule has 22 heavy (non-hydrogen) atoms. The molecular weight excluding hydrogens is 368 g/mol. The Balaban J connectivity index is 1.95. The van der Waals surface area contributed by atoms with E-state index in [1.165, 1.54) is 0 Å². The molecule has 0 aliphatic carbocycles. The first-order valence-electron chi connectivity index (χ1n) is 7.35. The Labute approximate surface area is 143 Å². The average molecular weight is 389 g/mol.